The second-order valence-corrected chi connectivity index (χ2v) is 10.7. The Morgan fingerprint density at radius 1 is 1.20 bits per heavy atom. The number of anilines is 2. The fourth-order valence-electron chi connectivity index (χ4n) is 4.29. The van der Waals surface area contributed by atoms with Crippen molar-refractivity contribution >= 4 is 22.6 Å². The molecule has 1 fully saturated rings. The molecule has 9 nitrogen and oxygen atoms in total. The van der Waals surface area contributed by atoms with Gasteiger partial charge in [-0.2, -0.15) is 4.98 Å². The Hall–Kier alpha value is -2.92. The zero-order valence-corrected chi connectivity index (χ0v) is 20.4. The summed E-state index contributed by atoms with van der Waals surface area (Å²) in [6.45, 7) is 2.71. The molecule has 35 heavy (non-hydrogen) atoms. The number of aryl methyl sites for hydroxylation is 1. The molecule has 11 heteroatoms. The molecule has 3 aromatic rings. The Bertz CT molecular complexity index is 1210. The van der Waals surface area contributed by atoms with Gasteiger partial charge >= 0.3 is 0 Å². The molecule has 2 atom stereocenters. The normalized spacial score (nSPS) is 18.8. The van der Waals surface area contributed by atoms with Crippen molar-refractivity contribution in [1.29, 1.82) is 0 Å². The zero-order chi connectivity index (χ0) is 24.4. The van der Waals surface area contributed by atoms with Gasteiger partial charge in [0.2, 0.25) is 17.7 Å². The molecule has 1 aliphatic carbocycles. The Labute approximate surface area is 205 Å². The van der Waals surface area contributed by atoms with Crippen LogP contribution in [0.2, 0.25) is 0 Å². The number of fused-ring (bicyclic) bond motifs is 1. The van der Waals surface area contributed by atoms with Gasteiger partial charge in [0.25, 0.3) is 0 Å². The highest BCUT2D eigenvalue weighted by Gasteiger charge is 2.43. The van der Waals surface area contributed by atoms with E-state index in [1.807, 2.05) is 0 Å². The maximum absolute atomic E-state index is 13.2. The fraction of sp³-hybridized carbons (Fsp3) is 0.500. The van der Waals surface area contributed by atoms with E-state index in [-0.39, 0.29) is 23.9 Å². The van der Waals surface area contributed by atoms with Crippen LogP contribution >= 0.6 is 0 Å². The number of halogens is 1. The molecule has 2 unspecified atom stereocenters. The van der Waals surface area contributed by atoms with Gasteiger partial charge in [-0.15, -0.1) is 10.2 Å². The van der Waals surface area contributed by atoms with Crippen molar-refractivity contribution in [2.75, 3.05) is 29.5 Å². The van der Waals surface area contributed by atoms with Crippen molar-refractivity contribution < 1.29 is 18.1 Å². The first-order valence-corrected chi connectivity index (χ1v) is 13.3. The minimum absolute atomic E-state index is 0.0178. The summed E-state index contributed by atoms with van der Waals surface area (Å²) in [5.41, 5.74) is 1.11. The lowest BCUT2D eigenvalue weighted by atomic mass is 10.00. The Morgan fingerprint density at radius 2 is 2.00 bits per heavy atom. The number of hydrogen-bond donors (Lipinski definition) is 3. The van der Waals surface area contributed by atoms with Crippen LogP contribution in [0.4, 0.5) is 16.2 Å². The molecule has 2 aromatic heterocycles. The lowest BCUT2D eigenvalue weighted by molar-refractivity contribution is 0.265. The van der Waals surface area contributed by atoms with E-state index in [0.29, 0.717) is 52.7 Å². The average Bonchev–Trinajstić information content (AvgIpc) is 3.27. The minimum atomic E-state index is -1.13. The van der Waals surface area contributed by atoms with E-state index >= 15 is 0 Å². The molecule has 186 valence electrons. The van der Waals surface area contributed by atoms with E-state index in [2.05, 4.69) is 37.7 Å². The van der Waals surface area contributed by atoms with Gasteiger partial charge in [0.05, 0.1) is 28.6 Å². The van der Waals surface area contributed by atoms with Gasteiger partial charge in [-0.3, -0.25) is 4.21 Å². The number of aliphatic hydroxyl groups is 1. The standard InChI is InChI=1S/C24H29FN6O3S/c1-2-3-15(21-30-31-22(34-21)16-4-6-17(25)7-5-16)8-12-26-23-27-18-9-13-35(33)19(18)20(28-23)29-24(14-32)10-11-24/h4-7,15,32H,2-3,8-14H2,1H3,(H2,26,27,28,29). The number of nitrogens with zero attached hydrogens (tertiary/aromatic N) is 4. The third kappa shape index (κ3) is 5.20. The second-order valence-electron chi connectivity index (χ2n) is 9.19. The van der Waals surface area contributed by atoms with Crippen LogP contribution in [-0.4, -0.2) is 53.9 Å². The number of benzene rings is 1. The van der Waals surface area contributed by atoms with Crippen LogP contribution in [0.15, 0.2) is 33.6 Å². The van der Waals surface area contributed by atoms with Crippen molar-refractivity contribution in [3.63, 3.8) is 0 Å². The number of rotatable bonds is 11. The van der Waals surface area contributed by atoms with Gasteiger partial charge in [0, 0.05) is 30.2 Å². The molecule has 3 heterocycles. The van der Waals surface area contributed by atoms with Crippen LogP contribution < -0.4 is 10.6 Å². The van der Waals surface area contributed by atoms with Crippen molar-refractivity contribution in [2.45, 2.75) is 61.8 Å². The Balaban J connectivity index is 1.27. The third-order valence-electron chi connectivity index (χ3n) is 6.52. The largest absolute Gasteiger partial charge is 0.420 e. The summed E-state index contributed by atoms with van der Waals surface area (Å²) in [5, 5.41) is 24.7. The first-order valence-electron chi connectivity index (χ1n) is 12.0. The molecule has 0 amide bonds. The monoisotopic (exact) mass is 500 g/mol. The van der Waals surface area contributed by atoms with Gasteiger partial charge in [0.15, 0.2) is 0 Å². The van der Waals surface area contributed by atoms with Gasteiger partial charge < -0.3 is 20.2 Å². The summed E-state index contributed by atoms with van der Waals surface area (Å²) in [7, 11) is -1.13. The van der Waals surface area contributed by atoms with Crippen LogP contribution in [0.3, 0.4) is 0 Å². The molecule has 1 saturated carbocycles. The van der Waals surface area contributed by atoms with Crippen LogP contribution in [0, 0.1) is 5.82 Å². The Morgan fingerprint density at radius 3 is 2.71 bits per heavy atom. The van der Waals surface area contributed by atoms with E-state index in [1.165, 1.54) is 12.1 Å². The van der Waals surface area contributed by atoms with Crippen molar-refractivity contribution in [2.24, 2.45) is 0 Å². The number of nitrogens with one attached hydrogen (secondary N) is 2. The van der Waals surface area contributed by atoms with Crippen molar-refractivity contribution in [3.8, 4) is 11.5 Å². The van der Waals surface area contributed by atoms with Crippen LogP contribution in [0.1, 0.15) is 56.5 Å². The van der Waals surface area contributed by atoms with Crippen molar-refractivity contribution in [1.82, 2.24) is 20.2 Å². The van der Waals surface area contributed by atoms with Crippen LogP contribution in [0.25, 0.3) is 11.5 Å². The predicted octanol–water partition coefficient (Wildman–Crippen LogP) is 3.65. The fourth-order valence-corrected chi connectivity index (χ4v) is 5.60. The average molecular weight is 501 g/mol. The molecule has 2 aliphatic rings. The highest BCUT2D eigenvalue weighted by atomic mass is 32.2. The van der Waals surface area contributed by atoms with E-state index in [0.717, 1.165) is 37.8 Å². The van der Waals surface area contributed by atoms with E-state index in [9.17, 15) is 13.7 Å². The predicted molar refractivity (Wildman–Crippen MR) is 130 cm³/mol. The van der Waals surface area contributed by atoms with Gasteiger partial charge in [-0.05, 0) is 49.9 Å². The molecule has 0 radical (unpaired) electrons. The maximum Gasteiger partial charge on any atom is 0.247 e. The Kier molecular flexibility index (Phi) is 6.79. The topological polar surface area (TPSA) is 126 Å². The first kappa shape index (κ1) is 23.8. The summed E-state index contributed by atoms with van der Waals surface area (Å²) in [6.07, 6.45) is 4.93. The quantitative estimate of drug-likeness (QED) is 0.362. The van der Waals surface area contributed by atoms with Crippen molar-refractivity contribution in [3.05, 3.63) is 41.7 Å². The number of hydrogen-bond acceptors (Lipinski definition) is 9. The van der Waals surface area contributed by atoms with Crippen LogP contribution in [-0.2, 0) is 17.2 Å². The molecule has 0 saturated heterocycles. The number of aromatic nitrogens is 4. The van der Waals surface area contributed by atoms with Crippen LogP contribution in [0.5, 0.6) is 0 Å². The van der Waals surface area contributed by atoms with E-state index in [4.69, 9.17) is 4.42 Å². The highest BCUT2D eigenvalue weighted by Crippen LogP contribution is 2.40. The summed E-state index contributed by atoms with van der Waals surface area (Å²) >= 11 is 0. The second kappa shape index (κ2) is 9.98. The zero-order valence-electron chi connectivity index (χ0n) is 19.6. The molecule has 0 spiro atoms. The summed E-state index contributed by atoms with van der Waals surface area (Å²) < 4.78 is 31.7. The maximum atomic E-state index is 13.2. The molecule has 1 aromatic carbocycles. The molecule has 1 aliphatic heterocycles. The molecular weight excluding hydrogens is 471 g/mol. The molecule has 0 bridgehead atoms. The number of aliphatic hydroxyl groups excluding tert-OH is 1. The summed E-state index contributed by atoms with van der Waals surface area (Å²) in [5.74, 6) is 2.25. The smallest absolute Gasteiger partial charge is 0.247 e. The molecule has 5 rings (SSSR count). The van der Waals surface area contributed by atoms with Gasteiger partial charge in [-0.25, -0.2) is 9.37 Å². The summed E-state index contributed by atoms with van der Waals surface area (Å²) in [4.78, 5) is 9.89. The van der Waals surface area contributed by atoms with Gasteiger partial charge in [0.1, 0.15) is 16.5 Å². The summed E-state index contributed by atoms with van der Waals surface area (Å²) in [6, 6.07) is 5.98. The third-order valence-corrected chi connectivity index (χ3v) is 7.98. The van der Waals surface area contributed by atoms with E-state index < -0.39 is 10.8 Å². The lowest BCUT2D eigenvalue weighted by Crippen LogP contribution is -2.27. The molecular formula is C24H29FN6O3S. The first-order chi connectivity index (χ1) is 17.0. The highest BCUT2D eigenvalue weighted by molar-refractivity contribution is 7.85. The molecule has 3 N–H and O–H groups in total. The minimum Gasteiger partial charge on any atom is -0.420 e. The van der Waals surface area contributed by atoms with E-state index in [1.54, 1.807) is 12.1 Å². The SMILES string of the molecule is CCCC(CCNc1nc2c(c(NC3(CO)CC3)n1)S(=O)CC2)c1nnc(-c2ccc(F)cc2)o1. The van der Waals surface area contributed by atoms with Gasteiger partial charge in [-0.1, -0.05) is 13.3 Å². The lowest BCUT2D eigenvalue weighted by Gasteiger charge is -2.18.